The van der Waals surface area contributed by atoms with E-state index in [0.29, 0.717) is 12.4 Å². The molecule has 0 aliphatic rings. The number of furan rings is 1. The van der Waals surface area contributed by atoms with Crippen molar-refractivity contribution in [3.05, 3.63) is 23.7 Å². The molecule has 1 rings (SSSR count). The van der Waals surface area contributed by atoms with Crippen LogP contribution in [-0.2, 0) is 11.3 Å². The third-order valence-electron chi connectivity index (χ3n) is 1.75. The van der Waals surface area contributed by atoms with Crippen molar-refractivity contribution >= 4 is 5.97 Å². The fourth-order valence-electron chi connectivity index (χ4n) is 0.953. The van der Waals surface area contributed by atoms with Gasteiger partial charge in [-0.2, -0.15) is 0 Å². The third kappa shape index (κ3) is 2.88. The highest BCUT2D eigenvalue weighted by Gasteiger charge is 2.11. The molecule has 0 spiro atoms. The molecular weight excluding hydrogens is 184 g/mol. The van der Waals surface area contributed by atoms with Crippen LogP contribution in [0, 0.1) is 0 Å². The average Bonchev–Trinajstić information content (AvgIpc) is 2.66. The molecule has 0 amide bonds. The number of esters is 1. The number of rotatable bonds is 5. The zero-order chi connectivity index (χ0) is 10.4. The van der Waals surface area contributed by atoms with E-state index in [4.69, 9.17) is 14.3 Å². The zero-order valence-corrected chi connectivity index (χ0v) is 8.16. The smallest absolute Gasteiger partial charge is 0.374 e. The van der Waals surface area contributed by atoms with Crippen LogP contribution >= 0.6 is 0 Å². The van der Waals surface area contributed by atoms with Crippen molar-refractivity contribution in [3.8, 4) is 0 Å². The molecule has 4 heteroatoms. The van der Waals surface area contributed by atoms with Gasteiger partial charge in [0.1, 0.15) is 12.4 Å². The molecule has 0 atom stereocenters. The predicted molar refractivity (Wildman–Crippen MR) is 49.8 cm³/mol. The van der Waals surface area contributed by atoms with Gasteiger partial charge < -0.3 is 14.3 Å². The number of hydrogen-bond donors (Lipinski definition) is 1. The first-order valence-electron chi connectivity index (χ1n) is 4.64. The van der Waals surface area contributed by atoms with Gasteiger partial charge in [0, 0.05) is 0 Å². The number of hydrogen-bond acceptors (Lipinski definition) is 4. The lowest BCUT2D eigenvalue weighted by molar-refractivity contribution is 0.0459. The number of unbranched alkanes of at least 4 members (excludes halogenated alkanes) is 1. The van der Waals surface area contributed by atoms with Crippen molar-refractivity contribution in [1.29, 1.82) is 0 Å². The first kappa shape index (κ1) is 10.8. The molecule has 1 aromatic rings. The molecule has 14 heavy (non-hydrogen) atoms. The molecule has 0 radical (unpaired) electrons. The summed E-state index contributed by atoms with van der Waals surface area (Å²) < 4.78 is 9.91. The molecule has 4 nitrogen and oxygen atoms in total. The molecule has 0 saturated carbocycles. The summed E-state index contributed by atoms with van der Waals surface area (Å²) in [5.74, 6) is 0.0377. The monoisotopic (exact) mass is 198 g/mol. The third-order valence-corrected chi connectivity index (χ3v) is 1.75. The van der Waals surface area contributed by atoms with E-state index in [1.165, 1.54) is 6.07 Å². The molecule has 1 N–H and O–H groups in total. The summed E-state index contributed by atoms with van der Waals surface area (Å²) in [5.41, 5.74) is 0. The maximum absolute atomic E-state index is 11.3. The fourth-order valence-corrected chi connectivity index (χ4v) is 0.953. The highest BCUT2D eigenvalue weighted by molar-refractivity contribution is 5.86. The summed E-state index contributed by atoms with van der Waals surface area (Å²) in [7, 11) is 0. The van der Waals surface area contributed by atoms with Crippen molar-refractivity contribution in [2.24, 2.45) is 0 Å². The van der Waals surface area contributed by atoms with E-state index < -0.39 is 5.97 Å². The van der Waals surface area contributed by atoms with Gasteiger partial charge in [0.2, 0.25) is 5.76 Å². The quantitative estimate of drug-likeness (QED) is 0.578. The fraction of sp³-hybridized carbons (Fsp3) is 0.500. The van der Waals surface area contributed by atoms with Crippen LogP contribution < -0.4 is 0 Å². The Kier molecular flexibility index (Phi) is 4.19. The van der Waals surface area contributed by atoms with Crippen LogP contribution in [0.15, 0.2) is 16.5 Å². The molecule has 78 valence electrons. The maximum Gasteiger partial charge on any atom is 0.374 e. The Morgan fingerprint density at radius 3 is 2.93 bits per heavy atom. The maximum atomic E-state index is 11.3. The van der Waals surface area contributed by atoms with E-state index in [-0.39, 0.29) is 12.4 Å². The van der Waals surface area contributed by atoms with E-state index in [2.05, 4.69) is 0 Å². The summed E-state index contributed by atoms with van der Waals surface area (Å²) in [6, 6.07) is 3.05. The molecule has 0 unspecified atom stereocenters. The summed E-state index contributed by atoms with van der Waals surface area (Å²) in [4.78, 5) is 11.3. The van der Waals surface area contributed by atoms with Crippen molar-refractivity contribution in [1.82, 2.24) is 0 Å². The van der Waals surface area contributed by atoms with Gasteiger partial charge in [-0.15, -0.1) is 0 Å². The standard InChI is InChI=1S/C10H14O4/c1-2-3-6-13-10(12)9-5-4-8(7-11)14-9/h4-5,11H,2-3,6-7H2,1H3. The van der Waals surface area contributed by atoms with Crippen LogP contribution in [0.25, 0.3) is 0 Å². The molecule has 1 heterocycles. The van der Waals surface area contributed by atoms with Crippen LogP contribution in [0.2, 0.25) is 0 Å². The molecule has 0 aliphatic heterocycles. The first-order valence-corrected chi connectivity index (χ1v) is 4.64. The predicted octanol–water partition coefficient (Wildman–Crippen LogP) is 1.73. The first-order chi connectivity index (χ1) is 6.77. The minimum absolute atomic E-state index is 0.144. The second kappa shape index (κ2) is 5.44. The summed E-state index contributed by atoms with van der Waals surface area (Å²) in [6.45, 7) is 2.22. The van der Waals surface area contributed by atoms with E-state index in [0.717, 1.165) is 12.8 Å². The minimum Gasteiger partial charge on any atom is -0.460 e. The highest BCUT2D eigenvalue weighted by Crippen LogP contribution is 2.09. The van der Waals surface area contributed by atoms with Crippen LogP contribution in [-0.4, -0.2) is 17.7 Å². The SMILES string of the molecule is CCCCOC(=O)c1ccc(CO)o1. The molecule has 1 aromatic heterocycles. The van der Waals surface area contributed by atoms with Crippen LogP contribution in [0.1, 0.15) is 36.1 Å². The van der Waals surface area contributed by atoms with Gasteiger partial charge in [-0.05, 0) is 18.6 Å². The molecule has 0 fully saturated rings. The number of carbonyl (C=O) groups excluding carboxylic acids is 1. The second-order valence-corrected chi connectivity index (χ2v) is 2.91. The van der Waals surface area contributed by atoms with E-state index in [1.807, 2.05) is 6.92 Å². The molecular formula is C10H14O4. The van der Waals surface area contributed by atoms with Gasteiger partial charge in [0.15, 0.2) is 0 Å². The largest absolute Gasteiger partial charge is 0.460 e. The second-order valence-electron chi connectivity index (χ2n) is 2.91. The van der Waals surface area contributed by atoms with Gasteiger partial charge in [-0.1, -0.05) is 13.3 Å². The molecule has 0 bridgehead atoms. The summed E-state index contributed by atoms with van der Waals surface area (Å²) in [5, 5.41) is 8.70. The lowest BCUT2D eigenvalue weighted by Gasteiger charge is -2.00. The Morgan fingerprint density at radius 2 is 2.36 bits per heavy atom. The van der Waals surface area contributed by atoms with Gasteiger partial charge in [0.05, 0.1) is 6.61 Å². The topological polar surface area (TPSA) is 59.7 Å². The molecule has 0 aliphatic carbocycles. The Bertz CT molecular complexity index is 290. The Labute approximate surface area is 82.5 Å². The Hall–Kier alpha value is -1.29. The normalized spacial score (nSPS) is 10.1. The Balaban J connectivity index is 2.44. The van der Waals surface area contributed by atoms with Gasteiger partial charge in [-0.3, -0.25) is 0 Å². The van der Waals surface area contributed by atoms with Crippen molar-refractivity contribution in [2.75, 3.05) is 6.61 Å². The Morgan fingerprint density at radius 1 is 1.57 bits per heavy atom. The summed E-state index contributed by atoms with van der Waals surface area (Å²) >= 11 is 0. The zero-order valence-electron chi connectivity index (χ0n) is 8.16. The number of aliphatic hydroxyl groups excluding tert-OH is 1. The number of carbonyl (C=O) groups is 1. The van der Waals surface area contributed by atoms with Gasteiger partial charge in [0.25, 0.3) is 0 Å². The van der Waals surface area contributed by atoms with Crippen molar-refractivity contribution in [3.63, 3.8) is 0 Å². The van der Waals surface area contributed by atoms with Gasteiger partial charge in [-0.25, -0.2) is 4.79 Å². The average molecular weight is 198 g/mol. The minimum atomic E-state index is -0.474. The van der Waals surface area contributed by atoms with Gasteiger partial charge >= 0.3 is 5.97 Å². The van der Waals surface area contributed by atoms with Crippen molar-refractivity contribution < 1.29 is 19.1 Å². The lowest BCUT2D eigenvalue weighted by atomic mass is 10.4. The van der Waals surface area contributed by atoms with Crippen molar-refractivity contribution in [2.45, 2.75) is 26.4 Å². The van der Waals surface area contributed by atoms with Crippen LogP contribution in [0.4, 0.5) is 0 Å². The number of aliphatic hydroxyl groups is 1. The number of ether oxygens (including phenoxy) is 1. The molecule has 0 aromatic carbocycles. The highest BCUT2D eigenvalue weighted by atomic mass is 16.5. The van der Waals surface area contributed by atoms with Crippen LogP contribution in [0.3, 0.4) is 0 Å². The van der Waals surface area contributed by atoms with E-state index in [1.54, 1.807) is 6.07 Å². The van der Waals surface area contributed by atoms with E-state index >= 15 is 0 Å². The lowest BCUT2D eigenvalue weighted by Crippen LogP contribution is -2.04. The van der Waals surface area contributed by atoms with E-state index in [9.17, 15) is 4.79 Å². The summed E-state index contributed by atoms with van der Waals surface area (Å²) in [6.07, 6.45) is 1.83. The van der Waals surface area contributed by atoms with Crippen LogP contribution in [0.5, 0.6) is 0 Å². The molecule has 0 saturated heterocycles.